The molecule has 0 aliphatic rings. The molecular formula is C12H16N2O4. The minimum atomic E-state index is -1.22. The van der Waals surface area contributed by atoms with Gasteiger partial charge in [-0.15, -0.1) is 0 Å². The van der Waals surface area contributed by atoms with Crippen molar-refractivity contribution in [2.45, 2.75) is 12.5 Å². The summed E-state index contributed by atoms with van der Waals surface area (Å²) in [5.41, 5.74) is -0.724. The van der Waals surface area contributed by atoms with Crippen LogP contribution in [0.15, 0.2) is 30.3 Å². The van der Waals surface area contributed by atoms with Gasteiger partial charge in [-0.1, -0.05) is 18.2 Å². The van der Waals surface area contributed by atoms with Crippen LogP contribution in [-0.4, -0.2) is 40.8 Å². The molecule has 0 aliphatic heterocycles. The Morgan fingerprint density at radius 3 is 2.17 bits per heavy atom. The number of nitrogens with one attached hydrogen (secondary N) is 2. The lowest BCUT2D eigenvalue weighted by Crippen LogP contribution is -2.54. The number of carbonyl (C=O) groups is 2. The smallest absolute Gasteiger partial charge is 0.313 e. The Morgan fingerprint density at radius 1 is 1.11 bits per heavy atom. The maximum atomic E-state index is 11.5. The van der Waals surface area contributed by atoms with Crippen molar-refractivity contribution in [1.82, 2.24) is 5.32 Å². The topological polar surface area (TPSA) is 98.7 Å². The van der Waals surface area contributed by atoms with Crippen molar-refractivity contribution in [2.24, 2.45) is 0 Å². The largest absolute Gasteiger partial charge is 0.394 e. The third kappa shape index (κ3) is 3.83. The standard InChI is InChI=1S/C12H16N2O4/c1-12(7-15,8-16)14-11(18)10(17)13-9-5-3-2-4-6-9/h2-6,15-16H,7-8H2,1H3,(H,13,17)(H,14,18). The number of carbonyl (C=O) groups excluding carboxylic acids is 2. The number of hydrogen-bond donors (Lipinski definition) is 4. The molecule has 1 aromatic carbocycles. The van der Waals surface area contributed by atoms with Crippen LogP contribution in [0.3, 0.4) is 0 Å². The van der Waals surface area contributed by atoms with Crippen LogP contribution in [0.1, 0.15) is 6.92 Å². The Kier molecular flexibility index (Phi) is 4.82. The summed E-state index contributed by atoms with van der Waals surface area (Å²) in [7, 11) is 0. The number of rotatable bonds is 4. The monoisotopic (exact) mass is 252 g/mol. The van der Waals surface area contributed by atoms with Gasteiger partial charge in [0.1, 0.15) is 0 Å². The molecule has 1 aromatic rings. The maximum absolute atomic E-state index is 11.5. The lowest BCUT2D eigenvalue weighted by Gasteiger charge is -2.25. The zero-order chi connectivity index (χ0) is 13.6. The van der Waals surface area contributed by atoms with Gasteiger partial charge in [-0.3, -0.25) is 9.59 Å². The molecule has 6 heteroatoms. The van der Waals surface area contributed by atoms with Gasteiger partial charge in [0.2, 0.25) is 0 Å². The van der Waals surface area contributed by atoms with Crippen LogP contribution >= 0.6 is 0 Å². The average Bonchev–Trinajstić information content (AvgIpc) is 2.39. The van der Waals surface area contributed by atoms with Crippen LogP contribution in [-0.2, 0) is 9.59 Å². The van der Waals surface area contributed by atoms with E-state index in [2.05, 4.69) is 10.6 Å². The first-order valence-electron chi connectivity index (χ1n) is 5.41. The molecule has 0 aromatic heterocycles. The zero-order valence-electron chi connectivity index (χ0n) is 10.0. The number of anilines is 1. The molecule has 0 aliphatic carbocycles. The number of benzene rings is 1. The van der Waals surface area contributed by atoms with E-state index in [0.717, 1.165) is 0 Å². The summed E-state index contributed by atoms with van der Waals surface area (Å²) in [6.07, 6.45) is 0. The van der Waals surface area contributed by atoms with Crippen molar-refractivity contribution in [3.8, 4) is 0 Å². The van der Waals surface area contributed by atoms with Gasteiger partial charge >= 0.3 is 11.8 Å². The summed E-state index contributed by atoms with van der Waals surface area (Å²) in [6.45, 7) is 0.502. The van der Waals surface area contributed by atoms with Crippen molar-refractivity contribution in [3.63, 3.8) is 0 Å². The van der Waals surface area contributed by atoms with Gasteiger partial charge in [0.15, 0.2) is 0 Å². The summed E-state index contributed by atoms with van der Waals surface area (Å²) in [6, 6.07) is 8.51. The van der Waals surface area contributed by atoms with Gasteiger partial charge < -0.3 is 20.8 Å². The van der Waals surface area contributed by atoms with Crippen molar-refractivity contribution in [3.05, 3.63) is 30.3 Å². The van der Waals surface area contributed by atoms with E-state index in [-0.39, 0.29) is 0 Å². The van der Waals surface area contributed by atoms with Gasteiger partial charge in [-0.05, 0) is 19.1 Å². The summed E-state index contributed by atoms with van der Waals surface area (Å²) in [5.74, 6) is -1.77. The molecule has 0 heterocycles. The van der Waals surface area contributed by atoms with Crippen LogP contribution in [0.25, 0.3) is 0 Å². The molecule has 0 atom stereocenters. The molecule has 0 spiro atoms. The fraction of sp³-hybridized carbons (Fsp3) is 0.333. The predicted molar refractivity (Wildman–Crippen MR) is 65.8 cm³/mol. The first kappa shape index (κ1) is 14.1. The van der Waals surface area contributed by atoms with Crippen LogP contribution in [0.4, 0.5) is 5.69 Å². The van der Waals surface area contributed by atoms with E-state index < -0.39 is 30.6 Å². The van der Waals surface area contributed by atoms with E-state index in [9.17, 15) is 9.59 Å². The van der Waals surface area contributed by atoms with Crippen LogP contribution in [0.5, 0.6) is 0 Å². The number of aliphatic hydroxyl groups is 2. The third-order valence-electron chi connectivity index (χ3n) is 2.35. The first-order valence-corrected chi connectivity index (χ1v) is 5.41. The predicted octanol–water partition coefficient (Wildman–Crippen LogP) is -0.515. The first-order chi connectivity index (χ1) is 8.50. The van der Waals surface area contributed by atoms with E-state index in [1.54, 1.807) is 30.3 Å². The molecule has 18 heavy (non-hydrogen) atoms. The Labute approximate surface area is 105 Å². The second-order valence-electron chi connectivity index (χ2n) is 4.15. The Hall–Kier alpha value is -1.92. The quantitative estimate of drug-likeness (QED) is 0.542. The van der Waals surface area contributed by atoms with Crippen LogP contribution < -0.4 is 10.6 Å². The maximum Gasteiger partial charge on any atom is 0.313 e. The summed E-state index contributed by atoms with van der Waals surface area (Å²) in [5, 5.41) is 22.7. The minimum absolute atomic E-state index is 0.464. The normalized spacial score (nSPS) is 10.8. The van der Waals surface area contributed by atoms with Crippen molar-refractivity contribution < 1.29 is 19.8 Å². The molecule has 4 N–H and O–H groups in total. The van der Waals surface area contributed by atoms with E-state index in [1.165, 1.54) is 6.92 Å². The van der Waals surface area contributed by atoms with E-state index in [4.69, 9.17) is 10.2 Å². The molecule has 98 valence electrons. The lowest BCUT2D eigenvalue weighted by molar-refractivity contribution is -0.138. The Bertz CT molecular complexity index is 415. The molecular weight excluding hydrogens is 236 g/mol. The number of para-hydroxylation sites is 1. The van der Waals surface area contributed by atoms with Crippen molar-refractivity contribution >= 4 is 17.5 Å². The lowest BCUT2D eigenvalue weighted by atomic mass is 10.1. The fourth-order valence-corrected chi connectivity index (χ4v) is 1.17. The van der Waals surface area contributed by atoms with Gasteiger partial charge in [0, 0.05) is 5.69 Å². The number of amides is 2. The second kappa shape index (κ2) is 6.13. The van der Waals surface area contributed by atoms with Crippen LogP contribution in [0, 0.1) is 0 Å². The molecule has 0 bridgehead atoms. The Balaban J connectivity index is 2.60. The number of hydrogen-bond acceptors (Lipinski definition) is 4. The zero-order valence-corrected chi connectivity index (χ0v) is 10.0. The molecule has 2 amide bonds. The van der Waals surface area contributed by atoms with Gasteiger partial charge in [-0.2, -0.15) is 0 Å². The SMILES string of the molecule is CC(CO)(CO)NC(=O)C(=O)Nc1ccccc1. The molecule has 0 fully saturated rings. The summed E-state index contributed by atoms with van der Waals surface area (Å²) < 4.78 is 0. The fourth-order valence-electron chi connectivity index (χ4n) is 1.17. The van der Waals surface area contributed by atoms with E-state index >= 15 is 0 Å². The van der Waals surface area contributed by atoms with Crippen molar-refractivity contribution in [2.75, 3.05) is 18.5 Å². The average molecular weight is 252 g/mol. The Morgan fingerprint density at radius 2 is 1.67 bits per heavy atom. The van der Waals surface area contributed by atoms with Crippen molar-refractivity contribution in [1.29, 1.82) is 0 Å². The highest BCUT2D eigenvalue weighted by Gasteiger charge is 2.27. The second-order valence-corrected chi connectivity index (χ2v) is 4.15. The molecule has 0 radical (unpaired) electrons. The van der Waals surface area contributed by atoms with Crippen LogP contribution in [0.2, 0.25) is 0 Å². The highest BCUT2D eigenvalue weighted by atomic mass is 16.3. The van der Waals surface area contributed by atoms with Gasteiger partial charge in [-0.25, -0.2) is 0 Å². The minimum Gasteiger partial charge on any atom is -0.394 e. The molecule has 0 unspecified atom stereocenters. The molecule has 6 nitrogen and oxygen atoms in total. The summed E-state index contributed by atoms with van der Waals surface area (Å²) in [4.78, 5) is 23.1. The van der Waals surface area contributed by atoms with E-state index in [1.807, 2.05) is 0 Å². The molecule has 0 saturated heterocycles. The highest BCUT2D eigenvalue weighted by molar-refractivity contribution is 6.39. The number of aliphatic hydroxyl groups excluding tert-OH is 2. The van der Waals surface area contributed by atoms with E-state index in [0.29, 0.717) is 5.69 Å². The highest BCUT2D eigenvalue weighted by Crippen LogP contribution is 2.05. The summed E-state index contributed by atoms with van der Waals surface area (Å²) >= 11 is 0. The molecule has 1 rings (SSSR count). The molecule has 0 saturated carbocycles. The van der Waals surface area contributed by atoms with Gasteiger partial charge in [0.25, 0.3) is 0 Å². The third-order valence-corrected chi connectivity index (χ3v) is 2.35. The van der Waals surface area contributed by atoms with Gasteiger partial charge in [0.05, 0.1) is 18.8 Å².